The Morgan fingerprint density at radius 1 is 1.14 bits per heavy atom. The Morgan fingerprint density at radius 3 is 2.57 bits per heavy atom. The molecule has 1 aromatic heterocycles. The second kappa shape index (κ2) is 7.67. The van der Waals surface area contributed by atoms with Crippen LogP contribution >= 0.6 is 0 Å². The van der Waals surface area contributed by atoms with Crippen LogP contribution in [0.25, 0.3) is 0 Å². The zero-order valence-electron chi connectivity index (χ0n) is 12.8. The molecule has 112 valence electrons. The van der Waals surface area contributed by atoms with E-state index in [1.54, 1.807) is 6.07 Å². The average molecular weight is 284 g/mol. The molecule has 2 N–H and O–H groups in total. The minimum absolute atomic E-state index is 0.267. The van der Waals surface area contributed by atoms with Crippen LogP contribution in [0.2, 0.25) is 0 Å². The number of phenolic OH excluding ortho intramolecular Hbond substituents is 1. The Balaban J connectivity index is 2.00. The van der Waals surface area contributed by atoms with Crippen LogP contribution in [0.15, 0.2) is 42.6 Å². The van der Waals surface area contributed by atoms with Gasteiger partial charge in [-0.25, -0.2) is 0 Å². The number of hydrogen-bond acceptors (Lipinski definition) is 3. The molecular formula is C18H24N2O. The van der Waals surface area contributed by atoms with Gasteiger partial charge in [0.05, 0.1) is 5.69 Å². The van der Waals surface area contributed by atoms with Gasteiger partial charge in [0.15, 0.2) is 0 Å². The van der Waals surface area contributed by atoms with Crippen molar-refractivity contribution in [1.29, 1.82) is 0 Å². The summed E-state index contributed by atoms with van der Waals surface area (Å²) < 4.78 is 0. The van der Waals surface area contributed by atoms with Gasteiger partial charge in [0.2, 0.25) is 0 Å². The SMILES string of the molecule is CCCc1ccc(CC(CC)Nc2ccccc2O)nc1. The van der Waals surface area contributed by atoms with Crippen LogP contribution in [-0.2, 0) is 12.8 Å². The minimum Gasteiger partial charge on any atom is -0.506 e. The van der Waals surface area contributed by atoms with Gasteiger partial charge in [-0.3, -0.25) is 4.98 Å². The third-order valence-electron chi connectivity index (χ3n) is 3.64. The molecule has 2 aromatic rings. The molecule has 1 aromatic carbocycles. The number of nitrogens with one attached hydrogen (secondary N) is 1. The molecular weight excluding hydrogens is 260 g/mol. The molecule has 3 nitrogen and oxygen atoms in total. The molecule has 0 aliphatic heterocycles. The standard InChI is InChI=1S/C18H24N2O/c1-3-7-14-10-11-16(19-13-14)12-15(4-2)20-17-8-5-6-9-18(17)21/h5-6,8-11,13,15,20-21H,3-4,7,12H2,1-2H3. The number of aryl methyl sites for hydroxylation is 1. The van der Waals surface area contributed by atoms with Crippen LogP contribution in [0.4, 0.5) is 5.69 Å². The minimum atomic E-state index is 0.267. The van der Waals surface area contributed by atoms with Crippen LogP contribution in [0.1, 0.15) is 37.9 Å². The molecule has 0 radical (unpaired) electrons. The molecule has 0 fully saturated rings. The number of hydrogen-bond donors (Lipinski definition) is 2. The van der Waals surface area contributed by atoms with Gasteiger partial charge in [0, 0.05) is 24.4 Å². The fourth-order valence-electron chi connectivity index (χ4n) is 2.38. The third-order valence-corrected chi connectivity index (χ3v) is 3.64. The van der Waals surface area contributed by atoms with Gasteiger partial charge in [-0.1, -0.05) is 38.5 Å². The number of aromatic hydroxyl groups is 1. The molecule has 21 heavy (non-hydrogen) atoms. The highest BCUT2D eigenvalue weighted by Crippen LogP contribution is 2.23. The van der Waals surface area contributed by atoms with E-state index in [2.05, 4.69) is 36.3 Å². The monoisotopic (exact) mass is 284 g/mol. The second-order valence-corrected chi connectivity index (χ2v) is 5.38. The number of pyridine rings is 1. The van der Waals surface area contributed by atoms with Gasteiger partial charge in [0.1, 0.15) is 5.75 Å². The van der Waals surface area contributed by atoms with Crippen LogP contribution < -0.4 is 5.32 Å². The van der Waals surface area contributed by atoms with Crippen molar-refractivity contribution < 1.29 is 5.11 Å². The fraction of sp³-hybridized carbons (Fsp3) is 0.389. The van der Waals surface area contributed by atoms with Crippen molar-refractivity contribution in [2.24, 2.45) is 0 Å². The Labute approximate surface area is 127 Å². The van der Waals surface area contributed by atoms with Crippen LogP contribution in [-0.4, -0.2) is 16.1 Å². The summed E-state index contributed by atoms with van der Waals surface area (Å²) in [6.07, 6.45) is 6.05. The van der Waals surface area contributed by atoms with Crippen molar-refractivity contribution in [2.45, 2.75) is 45.6 Å². The summed E-state index contributed by atoms with van der Waals surface area (Å²) in [4.78, 5) is 4.55. The molecule has 0 aliphatic carbocycles. The van der Waals surface area contributed by atoms with Crippen molar-refractivity contribution in [3.8, 4) is 5.75 Å². The molecule has 0 spiro atoms. The van der Waals surface area contributed by atoms with Crippen LogP contribution in [0.5, 0.6) is 5.75 Å². The van der Waals surface area contributed by atoms with Crippen molar-refractivity contribution in [2.75, 3.05) is 5.32 Å². The third kappa shape index (κ3) is 4.48. The predicted octanol–water partition coefficient (Wildman–Crippen LogP) is 4.17. The zero-order valence-corrected chi connectivity index (χ0v) is 12.8. The first-order valence-corrected chi connectivity index (χ1v) is 7.71. The topological polar surface area (TPSA) is 45.1 Å². The largest absolute Gasteiger partial charge is 0.506 e. The quantitative estimate of drug-likeness (QED) is 0.750. The molecule has 1 unspecified atom stereocenters. The number of anilines is 1. The lowest BCUT2D eigenvalue weighted by Gasteiger charge is -2.18. The lowest BCUT2D eigenvalue weighted by Crippen LogP contribution is -2.21. The normalized spacial score (nSPS) is 12.1. The van der Waals surface area contributed by atoms with Gasteiger partial charge in [-0.05, 0) is 36.6 Å². The molecule has 0 saturated heterocycles. The first kappa shape index (κ1) is 15.4. The molecule has 0 saturated carbocycles. The first-order valence-electron chi connectivity index (χ1n) is 7.71. The summed E-state index contributed by atoms with van der Waals surface area (Å²) in [6.45, 7) is 4.32. The molecule has 3 heteroatoms. The maximum absolute atomic E-state index is 9.84. The van der Waals surface area contributed by atoms with Crippen molar-refractivity contribution in [3.05, 3.63) is 53.9 Å². The van der Waals surface area contributed by atoms with Gasteiger partial charge >= 0.3 is 0 Å². The highest BCUT2D eigenvalue weighted by molar-refractivity contribution is 5.55. The van der Waals surface area contributed by atoms with Crippen molar-refractivity contribution in [1.82, 2.24) is 4.98 Å². The van der Waals surface area contributed by atoms with E-state index in [4.69, 9.17) is 0 Å². The van der Waals surface area contributed by atoms with E-state index >= 15 is 0 Å². The Bertz CT molecular complexity index is 551. The summed E-state index contributed by atoms with van der Waals surface area (Å²) in [7, 11) is 0. The van der Waals surface area contributed by atoms with Crippen LogP contribution in [0, 0.1) is 0 Å². The first-order chi connectivity index (χ1) is 10.2. The number of para-hydroxylation sites is 2. The predicted molar refractivity (Wildman–Crippen MR) is 87.7 cm³/mol. The van der Waals surface area contributed by atoms with Gasteiger partial charge in [0.25, 0.3) is 0 Å². The molecule has 0 bridgehead atoms. The van der Waals surface area contributed by atoms with E-state index in [1.807, 2.05) is 24.4 Å². The maximum Gasteiger partial charge on any atom is 0.138 e. The lowest BCUT2D eigenvalue weighted by atomic mass is 10.1. The van der Waals surface area contributed by atoms with Gasteiger partial charge in [-0.15, -0.1) is 0 Å². The van der Waals surface area contributed by atoms with Gasteiger partial charge < -0.3 is 10.4 Å². The molecule has 1 heterocycles. The number of benzene rings is 1. The van der Waals surface area contributed by atoms with E-state index in [0.717, 1.165) is 37.1 Å². The van der Waals surface area contributed by atoms with Crippen molar-refractivity contribution >= 4 is 5.69 Å². The lowest BCUT2D eigenvalue weighted by molar-refractivity contribution is 0.476. The number of rotatable bonds is 7. The summed E-state index contributed by atoms with van der Waals surface area (Å²) in [5.74, 6) is 0.294. The average Bonchev–Trinajstić information content (AvgIpc) is 2.51. The van der Waals surface area contributed by atoms with Crippen LogP contribution in [0.3, 0.4) is 0 Å². The summed E-state index contributed by atoms with van der Waals surface area (Å²) in [6, 6.07) is 11.9. The zero-order chi connectivity index (χ0) is 15.1. The summed E-state index contributed by atoms with van der Waals surface area (Å²) >= 11 is 0. The molecule has 1 atom stereocenters. The molecule has 0 amide bonds. The second-order valence-electron chi connectivity index (χ2n) is 5.38. The summed E-state index contributed by atoms with van der Waals surface area (Å²) in [5, 5.41) is 13.2. The van der Waals surface area contributed by atoms with E-state index in [0.29, 0.717) is 5.75 Å². The van der Waals surface area contributed by atoms with Gasteiger partial charge in [-0.2, -0.15) is 0 Å². The number of aromatic nitrogens is 1. The van der Waals surface area contributed by atoms with Crippen molar-refractivity contribution in [3.63, 3.8) is 0 Å². The Hall–Kier alpha value is -2.03. The maximum atomic E-state index is 9.84. The molecule has 0 aliphatic rings. The number of phenols is 1. The Kier molecular flexibility index (Phi) is 5.61. The Morgan fingerprint density at radius 2 is 1.95 bits per heavy atom. The molecule has 2 rings (SSSR count). The van der Waals surface area contributed by atoms with E-state index < -0.39 is 0 Å². The van der Waals surface area contributed by atoms with E-state index in [1.165, 1.54) is 5.56 Å². The highest BCUT2D eigenvalue weighted by atomic mass is 16.3. The smallest absolute Gasteiger partial charge is 0.138 e. The fourth-order valence-corrected chi connectivity index (χ4v) is 2.38. The van der Waals surface area contributed by atoms with E-state index in [-0.39, 0.29) is 6.04 Å². The summed E-state index contributed by atoms with van der Waals surface area (Å²) in [5.41, 5.74) is 3.17. The number of nitrogens with zero attached hydrogens (tertiary/aromatic N) is 1. The highest BCUT2D eigenvalue weighted by Gasteiger charge is 2.10. The van der Waals surface area contributed by atoms with E-state index in [9.17, 15) is 5.11 Å².